The van der Waals surface area contributed by atoms with E-state index in [0.29, 0.717) is 17.4 Å². The summed E-state index contributed by atoms with van der Waals surface area (Å²) in [7, 11) is 1.58. The lowest BCUT2D eigenvalue weighted by atomic mass is 10.3. The Morgan fingerprint density at radius 2 is 1.45 bits per heavy atom. The van der Waals surface area contributed by atoms with Gasteiger partial charge >= 0.3 is 0 Å². The molecule has 0 aliphatic rings. The summed E-state index contributed by atoms with van der Waals surface area (Å²) in [6.45, 7) is 2.38. The Kier molecular flexibility index (Phi) is 6.03. The normalized spacial score (nSPS) is 10.6. The standard InChI is InChI=1S/C24H23N3O4/c1-18-24(29-2)21(13-14-25-18)30-15-16-31-23-17-22(28)26(19-9-5-3-6-10-19)27(23)20-11-7-4-8-12-20/h3-14,17H,15-16H2,1-2H3. The van der Waals surface area contributed by atoms with Crippen molar-refractivity contribution in [1.29, 1.82) is 0 Å². The van der Waals surface area contributed by atoms with Crippen LogP contribution in [-0.4, -0.2) is 34.7 Å². The molecule has 2 aromatic heterocycles. The highest BCUT2D eigenvalue weighted by molar-refractivity contribution is 5.42. The molecule has 7 heteroatoms. The molecule has 0 aliphatic carbocycles. The van der Waals surface area contributed by atoms with Crippen LogP contribution in [0.1, 0.15) is 5.69 Å². The number of aryl methyl sites for hydroxylation is 1. The number of ether oxygens (including phenoxy) is 3. The van der Waals surface area contributed by atoms with Crippen LogP contribution < -0.4 is 19.8 Å². The number of rotatable bonds is 8. The zero-order chi connectivity index (χ0) is 21.6. The van der Waals surface area contributed by atoms with Crippen LogP contribution in [0, 0.1) is 6.92 Å². The van der Waals surface area contributed by atoms with Crippen molar-refractivity contribution >= 4 is 0 Å². The molecule has 0 amide bonds. The Bertz CT molecular complexity index is 1200. The largest absolute Gasteiger partial charge is 0.491 e. The molecule has 0 spiro atoms. The van der Waals surface area contributed by atoms with Crippen LogP contribution in [0.25, 0.3) is 11.4 Å². The number of benzene rings is 2. The second-order valence-electron chi connectivity index (χ2n) is 6.74. The van der Waals surface area contributed by atoms with Crippen LogP contribution in [0.2, 0.25) is 0 Å². The van der Waals surface area contributed by atoms with Crippen molar-refractivity contribution < 1.29 is 14.2 Å². The number of hydrogen-bond donors (Lipinski definition) is 0. The van der Waals surface area contributed by atoms with Gasteiger partial charge < -0.3 is 14.2 Å². The Hall–Kier alpha value is -4.00. The van der Waals surface area contributed by atoms with Crippen LogP contribution in [0.15, 0.2) is 83.8 Å². The van der Waals surface area contributed by atoms with Crippen molar-refractivity contribution in [1.82, 2.24) is 14.3 Å². The summed E-state index contributed by atoms with van der Waals surface area (Å²) < 4.78 is 20.5. The minimum atomic E-state index is -0.183. The zero-order valence-electron chi connectivity index (χ0n) is 17.4. The number of methoxy groups -OCH3 is 1. The van der Waals surface area contributed by atoms with Gasteiger partial charge in [-0.1, -0.05) is 36.4 Å². The molecule has 0 saturated carbocycles. The van der Waals surface area contributed by atoms with Crippen molar-refractivity contribution in [3.05, 3.63) is 95.0 Å². The first kappa shape index (κ1) is 20.3. The fourth-order valence-corrected chi connectivity index (χ4v) is 3.34. The molecule has 2 aromatic carbocycles. The molecule has 0 unspecified atom stereocenters. The Morgan fingerprint density at radius 3 is 2.10 bits per heavy atom. The highest BCUT2D eigenvalue weighted by atomic mass is 16.5. The number of pyridine rings is 1. The van der Waals surface area contributed by atoms with E-state index >= 15 is 0 Å². The van der Waals surface area contributed by atoms with Gasteiger partial charge in [-0.2, -0.15) is 0 Å². The summed E-state index contributed by atoms with van der Waals surface area (Å²) in [4.78, 5) is 17.0. The second-order valence-corrected chi connectivity index (χ2v) is 6.74. The summed E-state index contributed by atoms with van der Waals surface area (Å²) in [5.41, 5.74) is 2.13. The fraction of sp³-hybridized carbons (Fsp3) is 0.167. The van der Waals surface area contributed by atoms with Gasteiger partial charge in [-0.15, -0.1) is 0 Å². The van der Waals surface area contributed by atoms with Crippen molar-refractivity contribution in [2.24, 2.45) is 0 Å². The summed E-state index contributed by atoms with van der Waals surface area (Å²) in [5, 5.41) is 0. The molecular weight excluding hydrogens is 394 g/mol. The first-order chi connectivity index (χ1) is 15.2. The minimum Gasteiger partial charge on any atom is -0.491 e. The van der Waals surface area contributed by atoms with Crippen molar-refractivity contribution in [3.63, 3.8) is 0 Å². The molecule has 0 bridgehead atoms. The van der Waals surface area contributed by atoms with Crippen LogP contribution in [0.5, 0.6) is 17.4 Å². The topological polar surface area (TPSA) is 67.5 Å². The third kappa shape index (κ3) is 4.30. The van der Waals surface area contributed by atoms with Crippen molar-refractivity contribution in [2.45, 2.75) is 6.92 Å². The molecule has 0 N–H and O–H groups in total. The molecule has 158 valence electrons. The Labute approximate surface area is 180 Å². The Balaban J connectivity index is 1.58. The first-order valence-corrected chi connectivity index (χ1v) is 9.90. The van der Waals surface area contributed by atoms with Gasteiger partial charge in [0.05, 0.1) is 30.2 Å². The van der Waals surface area contributed by atoms with E-state index in [1.54, 1.807) is 28.7 Å². The number of hydrogen-bond acceptors (Lipinski definition) is 5. The third-order valence-corrected chi connectivity index (χ3v) is 4.71. The van der Waals surface area contributed by atoms with Gasteiger partial charge in [0.15, 0.2) is 11.5 Å². The van der Waals surface area contributed by atoms with E-state index in [9.17, 15) is 4.79 Å². The van der Waals surface area contributed by atoms with Crippen LogP contribution in [0.3, 0.4) is 0 Å². The summed E-state index contributed by atoms with van der Waals surface area (Å²) in [6.07, 6.45) is 1.67. The lowest BCUT2D eigenvalue weighted by molar-refractivity contribution is 0.202. The molecule has 2 heterocycles. The van der Waals surface area contributed by atoms with Gasteiger partial charge in [0.1, 0.15) is 13.2 Å². The third-order valence-electron chi connectivity index (χ3n) is 4.71. The molecule has 7 nitrogen and oxygen atoms in total. The van der Waals surface area contributed by atoms with E-state index < -0.39 is 0 Å². The maximum atomic E-state index is 12.8. The molecule has 31 heavy (non-hydrogen) atoms. The van der Waals surface area contributed by atoms with Crippen molar-refractivity contribution in [2.75, 3.05) is 20.3 Å². The molecule has 0 atom stereocenters. The monoisotopic (exact) mass is 417 g/mol. The molecular formula is C24H23N3O4. The Morgan fingerprint density at radius 1 is 0.839 bits per heavy atom. The van der Waals surface area contributed by atoms with E-state index in [1.807, 2.05) is 67.6 Å². The molecule has 4 rings (SSSR count). The predicted octanol–water partition coefficient (Wildman–Crippen LogP) is 3.80. The molecule has 0 radical (unpaired) electrons. The van der Waals surface area contributed by atoms with Crippen LogP contribution >= 0.6 is 0 Å². The summed E-state index contributed by atoms with van der Waals surface area (Å²) in [6, 6.07) is 22.3. The van der Waals surface area contributed by atoms with Crippen molar-refractivity contribution in [3.8, 4) is 28.8 Å². The maximum absolute atomic E-state index is 12.8. The first-order valence-electron chi connectivity index (χ1n) is 9.90. The van der Waals surface area contributed by atoms with E-state index in [-0.39, 0.29) is 18.8 Å². The molecule has 0 saturated heterocycles. The number of nitrogens with zero attached hydrogens (tertiary/aromatic N) is 3. The zero-order valence-corrected chi connectivity index (χ0v) is 17.4. The van der Waals surface area contributed by atoms with Gasteiger partial charge in [0, 0.05) is 12.3 Å². The lowest BCUT2D eigenvalue weighted by Crippen LogP contribution is -2.20. The average Bonchev–Trinajstić information content (AvgIpc) is 3.14. The second kappa shape index (κ2) is 9.21. The van der Waals surface area contributed by atoms with E-state index in [0.717, 1.165) is 17.1 Å². The number of para-hydroxylation sites is 2. The SMILES string of the molecule is COc1c(OCCOc2cc(=O)n(-c3ccccc3)n2-c2ccccc2)ccnc1C. The summed E-state index contributed by atoms with van der Waals surface area (Å²) >= 11 is 0. The maximum Gasteiger partial charge on any atom is 0.275 e. The summed E-state index contributed by atoms with van der Waals surface area (Å²) in [5.74, 6) is 1.63. The minimum absolute atomic E-state index is 0.183. The quantitative estimate of drug-likeness (QED) is 0.408. The van der Waals surface area contributed by atoms with Gasteiger partial charge in [0.2, 0.25) is 5.88 Å². The van der Waals surface area contributed by atoms with Gasteiger partial charge in [0.25, 0.3) is 5.56 Å². The lowest BCUT2D eigenvalue weighted by Gasteiger charge is -2.16. The molecule has 0 aliphatic heterocycles. The molecule has 4 aromatic rings. The predicted molar refractivity (Wildman–Crippen MR) is 118 cm³/mol. The van der Waals surface area contributed by atoms with Gasteiger partial charge in [-0.05, 0) is 31.2 Å². The van der Waals surface area contributed by atoms with E-state index in [1.165, 1.54) is 6.07 Å². The van der Waals surface area contributed by atoms with E-state index in [2.05, 4.69) is 4.98 Å². The van der Waals surface area contributed by atoms with Crippen LogP contribution in [-0.2, 0) is 0 Å². The fourth-order valence-electron chi connectivity index (χ4n) is 3.34. The van der Waals surface area contributed by atoms with E-state index in [4.69, 9.17) is 14.2 Å². The van der Waals surface area contributed by atoms with Gasteiger partial charge in [-0.25, -0.2) is 9.36 Å². The van der Waals surface area contributed by atoms with Gasteiger partial charge in [-0.3, -0.25) is 9.78 Å². The molecule has 0 fully saturated rings. The smallest absolute Gasteiger partial charge is 0.275 e. The number of aromatic nitrogens is 3. The average molecular weight is 417 g/mol. The van der Waals surface area contributed by atoms with Crippen LogP contribution in [0.4, 0.5) is 0 Å². The highest BCUT2D eigenvalue weighted by Gasteiger charge is 2.16. The highest BCUT2D eigenvalue weighted by Crippen LogP contribution is 2.28.